The first-order valence-electron chi connectivity index (χ1n) is 5.67. The minimum atomic E-state index is -1.20. The van der Waals surface area contributed by atoms with Crippen LogP contribution in [0.1, 0.15) is 19.5 Å². The van der Waals surface area contributed by atoms with Crippen molar-refractivity contribution in [3.05, 3.63) is 47.5 Å². The van der Waals surface area contributed by atoms with Crippen molar-refractivity contribution < 1.29 is 13.2 Å². The fourth-order valence-electron chi connectivity index (χ4n) is 1.71. The molecule has 1 aromatic carbocycles. The minimum Gasteiger partial charge on any atom is -0.238 e. The second-order valence-electron chi connectivity index (χ2n) is 4.57. The van der Waals surface area contributed by atoms with Gasteiger partial charge in [0.2, 0.25) is 0 Å². The molecular weight excluding hydrogens is 241 g/mol. The van der Waals surface area contributed by atoms with Gasteiger partial charge in [-0.25, -0.2) is 17.9 Å². The van der Waals surface area contributed by atoms with Crippen molar-refractivity contribution in [3.8, 4) is 5.69 Å². The number of hydrogen-bond acceptors (Lipinski definition) is 1. The summed E-state index contributed by atoms with van der Waals surface area (Å²) in [4.78, 5) is 0. The predicted molar refractivity (Wildman–Crippen MR) is 62.0 cm³/mol. The first-order valence-corrected chi connectivity index (χ1v) is 5.67. The maximum atomic E-state index is 13.5. The van der Waals surface area contributed by atoms with Crippen molar-refractivity contribution in [2.24, 2.45) is 5.92 Å². The highest BCUT2D eigenvalue weighted by atomic mass is 19.2. The van der Waals surface area contributed by atoms with Gasteiger partial charge in [-0.05, 0) is 18.4 Å². The standard InChI is InChI=1S/C13H13F3N2/c1-8(2)5-9-3-4-18(17-9)13-7-11(15)10(14)6-12(13)16/h3-4,6-8H,5H2,1-2H3. The van der Waals surface area contributed by atoms with Gasteiger partial charge in [-0.2, -0.15) is 5.10 Å². The smallest absolute Gasteiger partial charge is 0.161 e. The van der Waals surface area contributed by atoms with Gasteiger partial charge in [-0.15, -0.1) is 0 Å². The first kappa shape index (κ1) is 12.7. The number of halogens is 3. The molecule has 2 aromatic rings. The van der Waals surface area contributed by atoms with Gasteiger partial charge in [0, 0.05) is 18.3 Å². The first-order chi connectivity index (χ1) is 8.47. The number of benzene rings is 1. The Bertz CT molecular complexity index is 561. The topological polar surface area (TPSA) is 17.8 Å². The number of rotatable bonds is 3. The van der Waals surface area contributed by atoms with E-state index in [0.29, 0.717) is 12.0 Å². The van der Waals surface area contributed by atoms with Crippen LogP contribution in [0.3, 0.4) is 0 Å². The summed E-state index contributed by atoms with van der Waals surface area (Å²) >= 11 is 0. The van der Waals surface area contributed by atoms with Crippen molar-refractivity contribution in [1.29, 1.82) is 0 Å². The molecule has 0 N–H and O–H groups in total. The van der Waals surface area contributed by atoms with Crippen LogP contribution in [0.15, 0.2) is 24.4 Å². The quantitative estimate of drug-likeness (QED) is 0.767. The van der Waals surface area contributed by atoms with E-state index in [0.717, 1.165) is 18.2 Å². The summed E-state index contributed by atoms with van der Waals surface area (Å²) in [5.41, 5.74) is 0.693. The third-order valence-corrected chi connectivity index (χ3v) is 2.50. The Morgan fingerprint density at radius 1 is 1.11 bits per heavy atom. The summed E-state index contributed by atoms with van der Waals surface area (Å²) in [5.74, 6) is -2.71. The molecule has 0 saturated carbocycles. The van der Waals surface area contributed by atoms with E-state index in [1.54, 1.807) is 6.07 Å². The zero-order valence-electron chi connectivity index (χ0n) is 10.1. The second-order valence-corrected chi connectivity index (χ2v) is 4.57. The lowest BCUT2D eigenvalue weighted by molar-refractivity contribution is 0.491. The van der Waals surface area contributed by atoms with Gasteiger partial charge in [-0.3, -0.25) is 0 Å². The Kier molecular flexibility index (Phi) is 3.41. The molecule has 0 aliphatic rings. The molecule has 2 nitrogen and oxygen atoms in total. The zero-order chi connectivity index (χ0) is 13.3. The Labute approximate surface area is 103 Å². The summed E-state index contributed by atoms with van der Waals surface area (Å²) in [7, 11) is 0. The number of aromatic nitrogens is 2. The largest absolute Gasteiger partial charge is 0.238 e. The van der Waals surface area contributed by atoms with E-state index in [1.165, 1.54) is 10.9 Å². The molecule has 0 spiro atoms. The average Bonchev–Trinajstić information content (AvgIpc) is 2.70. The molecular formula is C13H13F3N2. The molecule has 1 heterocycles. The van der Waals surface area contributed by atoms with Gasteiger partial charge < -0.3 is 0 Å². The monoisotopic (exact) mass is 254 g/mol. The van der Waals surface area contributed by atoms with Crippen LogP contribution >= 0.6 is 0 Å². The van der Waals surface area contributed by atoms with Crippen molar-refractivity contribution in [2.45, 2.75) is 20.3 Å². The van der Waals surface area contributed by atoms with Crippen LogP contribution in [0.2, 0.25) is 0 Å². The molecule has 0 aliphatic heterocycles. The van der Waals surface area contributed by atoms with Crippen LogP contribution in [0.5, 0.6) is 0 Å². The third-order valence-electron chi connectivity index (χ3n) is 2.50. The molecule has 1 aromatic heterocycles. The van der Waals surface area contributed by atoms with Crippen LogP contribution < -0.4 is 0 Å². The van der Waals surface area contributed by atoms with E-state index in [2.05, 4.69) is 5.10 Å². The number of hydrogen-bond donors (Lipinski definition) is 0. The van der Waals surface area contributed by atoms with Gasteiger partial charge >= 0.3 is 0 Å². The Morgan fingerprint density at radius 3 is 2.44 bits per heavy atom. The van der Waals surface area contributed by atoms with Crippen LogP contribution in [0, 0.1) is 23.4 Å². The molecule has 5 heteroatoms. The van der Waals surface area contributed by atoms with Gasteiger partial charge in [0.25, 0.3) is 0 Å². The zero-order valence-corrected chi connectivity index (χ0v) is 10.1. The lowest BCUT2D eigenvalue weighted by Gasteiger charge is -2.04. The fourth-order valence-corrected chi connectivity index (χ4v) is 1.71. The SMILES string of the molecule is CC(C)Cc1ccn(-c2cc(F)c(F)cc2F)n1. The van der Waals surface area contributed by atoms with Gasteiger partial charge in [0.1, 0.15) is 5.69 Å². The molecule has 0 amide bonds. The average molecular weight is 254 g/mol. The molecule has 0 atom stereocenters. The van der Waals surface area contributed by atoms with E-state index < -0.39 is 17.5 Å². The summed E-state index contributed by atoms with van der Waals surface area (Å²) in [5, 5.41) is 4.14. The van der Waals surface area contributed by atoms with E-state index in [1.807, 2.05) is 13.8 Å². The Balaban J connectivity index is 2.37. The van der Waals surface area contributed by atoms with Crippen molar-refractivity contribution in [2.75, 3.05) is 0 Å². The third kappa shape index (κ3) is 2.55. The van der Waals surface area contributed by atoms with Gasteiger partial charge in [0.05, 0.1) is 5.69 Å². The number of nitrogens with zero attached hydrogens (tertiary/aromatic N) is 2. The van der Waals surface area contributed by atoms with Gasteiger partial charge in [-0.1, -0.05) is 13.8 Å². The second kappa shape index (κ2) is 4.84. The highest BCUT2D eigenvalue weighted by Gasteiger charge is 2.12. The van der Waals surface area contributed by atoms with Crippen LogP contribution in [-0.2, 0) is 6.42 Å². The van der Waals surface area contributed by atoms with Crippen LogP contribution in [0.4, 0.5) is 13.2 Å². The maximum Gasteiger partial charge on any atom is 0.161 e. The van der Waals surface area contributed by atoms with Crippen molar-refractivity contribution in [1.82, 2.24) is 9.78 Å². The molecule has 0 fully saturated rings. The van der Waals surface area contributed by atoms with Crippen molar-refractivity contribution >= 4 is 0 Å². The Morgan fingerprint density at radius 2 is 1.78 bits per heavy atom. The molecule has 0 aliphatic carbocycles. The molecule has 96 valence electrons. The van der Waals surface area contributed by atoms with E-state index in [9.17, 15) is 13.2 Å². The summed E-state index contributed by atoms with van der Waals surface area (Å²) in [6.07, 6.45) is 2.28. The fraction of sp³-hybridized carbons (Fsp3) is 0.308. The van der Waals surface area contributed by atoms with Crippen LogP contribution in [0.25, 0.3) is 5.69 Å². The highest BCUT2D eigenvalue weighted by molar-refractivity contribution is 5.34. The molecule has 18 heavy (non-hydrogen) atoms. The molecule has 0 unspecified atom stereocenters. The minimum absolute atomic E-state index is 0.0936. The van der Waals surface area contributed by atoms with E-state index in [4.69, 9.17) is 0 Å². The highest BCUT2D eigenvalue weighted by Crippen LogP contribution is 2.18. The molecule has 0 saturated heterocycles. The molecule has 0 bridgehead atoms. The molecule has 2 rings (SSSR count). The Hall–Kier alpha value is -1.78. The maximum absolute atomic E-state index is 13.5. The van der Waals surface area contributed by atoms with E-state index in [-0.39, 0.29) is 5.69 Å². The summed E-state index contributed by atoms with van der Waals surface area (Å²) in [6.45, 7) is 4.08. The van der Waals surface area contributed by atoms with Gasteiger partial charge in [0.15, 0.2) is 17.5 Å². The van der Waals surface area contributed by atoms with Crippen LogP contribution in [-0.4, -0.2) is 9.78 Å². The summed E-state index contributed by atoms with van der Waals surface area (Å²) < 4.78 is 40.6. The summed E-state index contributed by atoms with van der Waals surface area (Å²) in [6, 6.07) is 3.06. The molecule has 0 radical (unpaired) electrons. The lowest BCUT2D eigenvalue weighted by Crippen LogP contribution is -2.03. The lowest BCUT2D eigenvalue weighted by atomic mass is 10.1. The van der Waals surface area contributed by atoms with E-state index >= 15 is 0 Å². The normalized spacial score (nSPS) is 11.2. The van der Waals surface area contributed by atoms with Crippen molar-refractivity contribution in [3.63, 3.8) is 0 Å². The predicted octanol–water partition coefficient (Wildman–Crippen LogP) is 3.49.